The van der Waals surface area contributed by atoms with Gasteiger partial charge in [-0.1, -0.05) is 30.3 Å². The Bertz CT molecular complexity index is 1130. The fourth-order valence-electron chi connectivity index (χ4n) is 2.55. The monoisotopic (exact) mass is 349 g/mol. The van der Waals surface area contributed by atoms with Crippen molar-refractivity contribution in [2.75, 3.05) is 0 Å². The molecule has 0 radical (unpaired) electrons. The van der Waals surface area contributed by atoms with Crippen LogP contribution in [0.1, 0.15) is 0 Å². The maximum absolute atomic E-state index is 12.4. The van der Waals surface area contributed by atoms with Crippen LogP contribution in [0.4, 0.5) is 5.69 Å². The molecule has 0 atom stereocenters. The van der Waals surface area contributed by atoms with Gasteiger partial charge in [-0.3, -0.25) is 14.9 Å². The van der Waals surface area contributed by atoms with E-state index in [0.29, 0.717) is 21.6 Å². The van der Waals surface area contributed by atoms with Gasteiger partial charge in [0.1, 0.15) is 10.7 Å². The summed E-state index contributed by atoms with van der Waals surface area (Å²) in [7, 11) is 0. The average Bonchev–Trinajstić information content (AvgIpc) is 3.07. The van der Waals surface area contributed by atoms with Gasteiger partial charge in [0.2, 0.25) is 0 Å². The Morgan fingerprint density at radius 3 is 2.40 bits per heavy atom. The molecule has 4 aromatic rings. The van der Waals surface area contributed by atoms with Crippen molar-refractivity contribution in [1.82, 2.24) is 9.97 Å². The highest BCUT2D eigenvalue weighted by Gasteiger charge is 2.12. The fourth-order valence-corrected chi connectivity index (χ4v) is 3.59. The summed E-state index contributed by atoms with van der Waals surface area (Å²) in [6.45, 7) is 0. The van der Waals surface area contributed by atoms with E-state index >= 15 is 0 Å². The second-order valence-corrected chi connectivity index (χ2v) is 6.44. The fraction of sp³-hybridized carbons (Fsp3) is 0. The van der Waals surface area contributed by atoms with Crippen molar-refractivity contribution in [2.24, 2.45) is 0 Å². The number of non-ortho nitro benzene ring substituents is 1. The Labute approximate surface area is 145 Å². The van der Waals surface area contributed by atoms with E-state index in [1.807, 2.05) is 36.4 Å². The SMILES string of the molecule is O=c1[nH]c(-c2ccc([N+](=O)[O-])cc2)nc2sc(-c3ccccc3)cc12. The number of nitrogens with zero attached hydrogens (tertiary/aromatic N) is 2. The average molecular weight is 349 g/mol. The lowest BCUT2D eigenvalue weighted by Crippen LogP contribution is -2.07. The largest absolute Gasteiger partial charge is 0.306 e. The van der Waals surface area contributed by atoms with Crippen LogP contribution in [0.25, 0.3) is 32.0 Å². The third-order valence-corrected chi connectivity index (χ3v) is 4.89. The molecule has 6 nitrogen and oxygen atoms in total. The van der Waals surface area contributed by atoms with E-state index in [2.05, 4.69) is 9.97 Å². The molecule has 0 saturated carbocycles. The van der Waals surface area contributed by atoms with Crippen LogP contribution in [0, 0.1) is 10.1 Å². The van der Waals surface area contributed by atoms with Crippen LogP contribution < -0.4 is 5.56 Å². The van der Waals surface area contributed by atoms with Gasteiger partial charge < -0.3 is 4.98 Å². The Morgan fingerprint density at radius 2 is 1.72 bits per heavy atom. The first kappa shape index (κ1) is 15.2. The minimum absolute atomic E-state index is 0.00494. The molecule has 0 unspecified atom stereocenters. The first-order chi connectivity index (χ1) is 12.1. The number of fused-ring (bicyclic) bond motifs is 1. The van der Waals surface area contributed by atoms with Crippen LogP contribution in [0.3, 0.4) is 0 Å². The van der Waals surface area contributed by atoms with Gasteiger partial charge in [0.25, 0.3) is 11.2 Å². The van der Waals surface area contributed by atoms with Crippen molar-refractivity contribution in [1.29, 1.82) is 0 Å². The molecule has 122 valence electrons. The van der Waals surface area contributed by atoms with Crippen molar-refractivity contribution in [3.05, 3.63) is 81.1 Å². The van der Waals surface area contributed by atoms with Gasteiger partial charge in [0.15, 0.2) is 0 Å². The molecule has 0 amide bonds. The smallest absolute Gasteiger partial charge is 0.269 e. The van der Waals surface area contributed by atoms with Gasteiger partial charge in [0.05, 0.1) is 10.3 Å². The van der Waals surface area contributed by atoms with Gasteiger partial charge in [0, 0.05) is 22.6 Å². The van der Waals surface area contributed by atoms with E-state index in [4.69, 9.17) is 0 Å². The minimum atomic E-state index is -0.464. The molecule has 0 aliphatic heterocycles. The number of nitro benzene ring substituents is 1. The molecule has 7 heteroatoms. The van der Waals surface area contributed by atoms with Crippen molar-refractivity contribution < 1.29 is 4.92 Å². The number of H-pyrrole nitrogens is 1. The highest BCUT2D eigenvalue weighted by molar-refractivity contribution is 7.21. The van der Waals surface area contributed by atoms with Gasteiger partial charge in [-0.15, -0.1) is 11.3 Å². The summed E-state index contributed by atoms with van der Waals surface area (Å²) < 4.78 is 0. The normalized spacial score (nSPS) is 10.9. The van der Waals surface area contributed by atoms with Crippen LogP contribution in [0.15, 0.2) is 65.5 Å². The molecule has 25 heavy (non-hydrogen) atoms. The summed E-state index contributed by atoms with van der Waals surface area (Å²) in [4.78, 5) is 31.6. The molecule has 0 saturated heterocycles. The molecule has 1 N–H and O–H groups in total. The first-order valence-electron chi connectivity index (χ1n) is 7.46. The maximum atomic E-state index is 12.4. The number of aromatic amines is 1. The molecule has 2 aromatic carbocycles. The van der Waals surface area contributed by atoms with E-state index in [9.17, 15) is 14.9 Å². The number of rotatable bonds is 3. The molecule has 0 spiro atoms. The number of thiophene rings is 1. The summed E-state index contributed by atoms with van der Waals surface area (Å²) in [5.74, 6) is 0.397. The number of nitro groups is 1. The molecule has 4 rings (SSSR count). The van der Waals surface area contributed by atoms with E-state index in [0.717, 1.165) is 10.4 Å². The van der Waals surface area contributed by atoms with Crippen LogP contribution in [-0.2, 0) is 0 Å². The molecule has 2 heterocycles. The Hall–Kier alpha value is -3.32. The van der Waals surface area contributed by atoms with Gasteiger partial charge in [-0.2, -0.15) is 0 Å². The predicted octanol–water partition coefficient (Wildman–Crippen LogP) is 4.23. The lowest BCUT2D eigenvalue weighted by Gasteiger charge is -2.00. The van der Waals surface area contributed by atoms with E-state index in [1.165, 1.54) is 23.5 Å². The van der Waals surface area contributed by atoms with Crippen LogP contribution in [0.2, 0.25) is 0 Å². The van der Waals surface area contributed by atoms with E-state index in [1.54, 1.807) is 12.1 Å². The molecular weight excluding hydrogens is 338 g/mol. The third-order valence-electron chi connectivity index (χ3n) is 3.81. The van der Waals surface area contributed by atoms with Crippen LogP contribution >= 0.6 is 11.3 Å². The number of nitrogens with one attached hydrogen (secondary N) is 1. The molecule has 0 fully saturated rings. The minimum Gasteiger partial charge on any atom is -0.306 e. The molecule has 2 aromatic heterocycles. The maximum Gasteiger partial charge on any atom is 0.269 e. The second-order valence-electron chi connectivity index (χ2n) is 5.41. The van der Waals surface area contributed by atoms with E-state index in [-0.39, 0.29) is 11.2 Å². The quantitative estimate of drug-likeness (QED) is 0.443. The van der Waals surface area contributed by atoms with Gasteiger partial charge in [-0.25, -0.2) is 4.98 Å². The number of hydrogen-bond donors (Lipinski definition) is 1. The number of aromatic nitrogens is 2. The molecule has 0 aliphatic carbocycles. The van der Waals surface area contributed by atoms with Gasteiger partial charge in [-0.05, 0) is 23.8 Å². The molecule has 0 bridgehead atoms. The van der Waals surface area contributed by atoms with Crippen LogP contribution in [-0.4, -0.2) is 14.9 Å². The Kier molecular flexibility index (Phi) is 3.62. The highest BCUT2D eigenvalue weighted by Crippen LogP contribution is 2.31. The lowest BCUT2D eigenvalue weighted by atomic mass is 10.2. The standard InChI is InChI=1S/C18H11N3O3S/c22-17-14-10-15(11-4-2-1-3-5-11)25-18(14)20-16(19-17)12-6-8-13(9-7-12)21(23)24/h1-10H,(H,19,20,22). The zero-order valence-corrected chi connectivity index (χ0v) is 13.6. The Morgan fingerprint density at radius 1 is 1.00 bits per heavy atom. The summed E-state index contributed by atoms with van der Waals surface area (Å²) in [6, 6.07) is 17.6. The summed E-state index contributed by atoms with van der Waals surface area (Å²) >= 11 is 1.44. The number of hydrogen-bond acceptors (Lipinski definition) is 5. The van der Waals surface area contributed by atoms with Crippen molar-refractivity contribution in [3.8, 4) is 21.8 Å². The predicted molar refractivity (Wildman–Crippen MR) is 97.8 cm³/mol. The summed E-state index contributed by atoms with van der Waals surface area (Å²) in [5, 5.41) is 11.3. The molecule has 0 aliphatic rings. The van der Waals surface area contributed by atoms with Crippen molar-refractivity contribution >= 4 is 27.2 Å². The topological polar surface area (TPSA) is 88.9 Å². The first-order valence-corrected chi connectivity index (χ1v) is 8.27. The van der Waals surface area contributed by atoms with Crippen LogP contribution in [0.5, 0.6) is 0 Å². The van der Waals surface area contributed by atoms with E-state index < -0.39 is 4.92 Å². The highest BCUT2D eigenvalue weighted by atomic mass is 32.1. The van der Waals surface area contributed by atoms with Crippen molar-refractivity contribution in [2.45, 2.75) is 0 Å². The summed E-state index contributed by atoms with van der Waals surface area (Å²) in [5.41, 5.74) is 1.42. The second kappa shape index (κ2) is 5.95. The van der Waals surface area contributed by atoms with Gasteiger partial charge >= 0.3 is 0 Å². The zero-order chi connectivity index (χ0) is 17.4. The van der Waals surface area contributed by atoms with Crippen molar-refractivity contribution in [3.63, 3.8) is 0 Å². The summed E-state index contributed by atoms with van der Waals surface area (Å²) in [6.07, 6.45) is 0. The number of benzene rings is 2. The molecular formula is C18H11N3O3S. The third kappa shape index (κ3) is 2.81. The Balaban J connectivity index is 1.81. The lowest BCUT2D eigenvalue weighted by molar-refractivity contribution is -0.384. The zero-order valence-electron chi connectivity index (χ0n) is 12.8.